The quantitative estimate of drug-likeness (QED) is 0.279. The highest BCUT2D eigenvalue weighted by Crippen LogP contribution is 2.44. The van der Waals surface area contributed by atoms with Crippen molar-refractivity contribution < 1.29 is 26.3 Å². The molecule has 2 aliphatic rings. The molecule has 0 radical (unpaired) electrons. The van der Waals surface area contributed by atoms with Gasteiger partial charge in [0.1, 0.15) is 5.82 Å². The number of nitrogens with zero attached hydrogens (tertiary/aromatic N) is 1. The van der Waals surface area contributed by atoms with Crippen LogP contribution in [-0.2, 0) is 19.0 Å². The van der Waals surface area contributed by atoms with Crippen LogP contribution in [-0.4, -0.2) is 31.0 Å². The molecule has 3 aromatic rings. The van der Waals surface area contributed by atoms with Gasteiger partial charge in [0.05, 0.1) is 5.56 Å². The molecule has 0 bridgehead atoms. The van der Waals surface area contributed by atoms with Crippen molar-refractivity contribution >= 4 is 11.1 Å². The lowest BCUT2D eigenvalue weighted by Gasteiger charge is -2.39. The van der Waals surface area contributed by atoms with Gasteiger partial charge >= 0.3 is 6.18 Å². The first-order valence-corrected chi connectivity index (χ1v) is 13.0. The first-order chi connectivity index (χ1) is 18.2. The summed E-state index contributed by atoms with van der Waals surface area (Å²) >= 11 is 0. The molecule has 1 fully saturated rings. The van der Waals surface area contributed by atoms with Crippen LogP contribution < -0.4 is 0 Å². The Kier molecular flexibility index (Phi) is 7.66. The minimum Gasteiger partial charge on any atom is -0.302 e. The number of alkyl halides is 5. The van der Waals surface area contributed by atoms with E-state index in [1.807, 2.05) is 53.4 Å². The van der Waals surface area contributed by atoms with Gasteiger partial charge in [-0.25, -0.2) is 13.2 Å². The van der Waals surface area contributed by atoms with Gasteiger partial charge in [-0.1, -0.05) is 60.7 Å². The zero-order valence-electron chi connectivity index (χ0n) is 20.9. The largest absolute Gasteiger partial charge is 0.419 e. The molecular formula is C31H29F6N. The number of likely N-dealkylation sites (tertiary alicyclic amines) is 1. The van der Waals surface area contributed by atoms with Gasteiger partial charge in [0.25, 0.3) is 0 Å². The Morgan fingerprint density at radius 3 is 2.26 bits per heavy atom. The van der Waals surface area contributed by atoms with Gasteiger partial charge < -0.3 is 4.90 Å². The van der Waals surface area contributed by atoms with E-state index in [0.717, 1.165) is 54.3 Å². The number of rotatable bonds is 7. The molecule has 0 unspecified atom stereocenters. The third-order valence-electron chi connectivity index (χ3n) is 7.55. The summed E-state index contributed by atoms with van der Waals surface area (Å²) < 4.78 is 81.5. The zero-order valence-corrected chi connectivity index (χ0v) is 20.9. The molecule has 7 heteroatoms. The van der Waals surface area contributed by atoms with Gasteiger partial charge in [0.15, 0.2) is 0 Å². The lowest BCUT2D eigenvalue weighted by atomic mass is 9.85. The van der Waals surface area contributed by atoms with Gasteiger partial charge in [-0.05, 0) is 76.6 Å². The first kappa shape index (κ1) is 26.5. The van der Waals surface area contributed by atoms with E-state index in [0.29, 0.717) is 36.5 Å². The molecule has 0 spiro atoms. The number of aryl methyl sites for hydroxylation is 1. The minimum absolute atomic E-state index is 0.105. The summed E-state index contributed by atoms with van der Waals surface area (Å²) in [4.78, 5) is 2.03. The molecular weight excluding hydrogens is 500 g/mol. The predicted molar refractivity (Wildman–Crippen MR) is 137 cm³/mol. The monoisotopic (exact) mass is 529 g/mol. The van der Waals surface area contributed by atoms with Crippen LogP contribution in [0.4, 0.5) is 26.3 Å². The van der Waals surface area contributed by atoms with E-state index in [4.69, 9.17) is 0 Å². The van der Waals surface area contributed by atoms with Crippen molar-refractivity contribution in [2.45, 2.75) is 44.7 Å². The van der Waals surface area contributed by atoms with Crippen molar-refractivity contribution in [1.29, 1.82) is 0 Å². The van der Waals surface area contributed by atoms with E-state index >= 15 is 0 Å². The molecule has 38 heavy (non-hydrogen) atoms. The summed E-state index contributed by atoms with van der Waals surface area (Å²) in [6.45, 7) is 1.98. The predicted octanol–water partition coefficient (Wildman–Crippen LogP) is 8.27. The van der Waals surface area contributed by atoms with Gasteiger partial charge in [-0.15, -0.1) is 0 Å². The average molecular weight is 530 g/mol. The van der Waals surface area contributed by atoms with Crippen LogP contribution >= 0.6 is 0 Å². The van der Waals surface area contributed by atoms with Crippen molar-refractivity contribution in [3.05, 3.63) is 106 Å². The molecule has 3 aromatic carbocycles. The zero-order chi connectivity index (χ0) is 26.9. The highest BCUT2D eigenvalue weighted by Gasteiger charge is 2.38. The van der Waals surface area contributed by atoms with E-state index in [9.17, 15) is 26.3 Å². The molecule has 0 saturated carbocycles. The van der Waals surface area contributed by atoms with Gasteiger partial charge in [0.2, 0.25) is 6.43 Å². The molecule has 1 saturated heterocycles. The summed E-state index contributed by atoms with van der Waals surface area (Å²) in [6, 6.07) is 19.2. The van der Waals surface area contributed by atoms with Crippen LogP contribution in [0.25, 0.3) is 11.1 Å². The smallest absolute Gasteiger partial charge is 0.302 e. The maximum atomic E-state index is 14.6. The second-order valence-electron chi connectivity index (χ2n) is 10.2. The molecule has 0 amide bonds. The number of hydrogen-bond donors (Lipinski definition) is 0. The normalized spacial score (nSPS) is 16.9. The lowest BCUT2D eigenvalue weighted by molar-refractivity contribution is -0.140. The van der Waals surface area contributed by atoms with Crippen LogP contribution in [0.2, 0.25) is 0 Å². The van der Waals surface area contributed by atoms with Crippen LogP contribution in [0.15, 0.2) is 66.7 Å². The van der Waals surface area contributed by atoms with Crippen molar-refractivity contribution in [2.24, 2.45) is 5.92 Å². The molecule has 1 heterocycles. The number of fused-ring (bicyclic) bond motifs is 1. The summed E-state index contributed by atoms with van der Waals surface area (Å²) in [5.41, 5.74) is 3.71. The molecule has 1 aliphatic carbocycles. The third-order valence-corrected chi connectivity index (χ3v) is 7.55. The molecule has 200 valence electrons. The summed E-state index contributed by atoms with van der Waals surface area (Å²) in [5, 5.41) is 0. The van der Waals surface area contributed by atoms with Crippen LogP contribution in [0.3, 0.4) is 0 Å². The van der Waals surface area contributed by atoms with Gasteiger partial charge in [-0.2, -0.15) is 13.2 Å². The third kappa shape index (κ3) is 5.68. The van der Waals surface area contributed by atoms with Crippen LogP contribution in [0.5, 0.6) is 0 Å². The maximum absolute atomic E-state index is 14.6. The Morgan fingerprint density at radius 2 is 1.55 bits per heavy atom. The molecule has 0 N–H and O–H groups in total. The number of halogens is 6. The molecule has 1 aliphatic heterocycles. The number of hydrogen-bond acceptors (Lipinski definition) is 1. The van der Waals surface area contributed by atoms with Gasteiger partial charge in [0, 0.05) is 26.1 Å². The Balaban J connectivity index is 1.50. The van der Waals surface area contributed by atoms with E-state index in [-0.39, 0.29) is 12.0 Å². The van der Waals surface area contributed by atoms with Crippen molar-refractivity contribution in [3.8, 4) is 0 Å². The number of allylic oxidation sites excluding steroid dienone is 1. The fourth-order valence-corrected chi connectivity index (χ4v) is 5.80. The van der Waals surface area contributed by atoms with Crippen LogP contribution in [0, 0.1) is 11.7 Å². The Bertz CT molecular complexity index is 1300. The van der Waals surface area contributed by atoms with E-state index in [1.54, 1.807) is 0 Å². The first-order valence-electron chi connectivity index (χ1n) is 13.0. The summed E-state index contributed by atoms with van der Waals surface area (Å²) in [7, 11) is 0. The second kappa shape index (κ2) is 11.0. The standard InChI is InChI=1S/C31H29F6N/c32-27-10-4-9-26(30(27)31(35,36)37)25-8-3-6-22-5-1-2-7-24(22)29(25)23-13-11-20(12-14-23)17-21-18-38(19-21)16-15-28(33)34/h1-2,4-5,7,9-14,21,28H,3,6,8,15-19H2. The second-order valence-corrected chi connectivity index (χ2v) is 10.2. The van der Waals surface area contributed by atoms with E-state index in [2.05, 4.69) is 0 Å². The van der Waals surface area contributed by atoms with E-state index in [1.165, 1.54) is 12.1 Å². The van der Waals surface area contributed by atoms with E-state index < -0.39 is 24.0 Å². The number of benzene rings is 3. The SMILES string of the molecule is Fc1cccc(C2=C(c3ccc(CC4CN(CCC(F)F)C4)cc3)c3ccccc3CCC2)c1C(F)(F)F. The Morgan fingerprint density at radius 1 is 0.842 bits per heavy atom. The topological polar surface area (TPSA) is 3.24 Å². The Hall–Kier alpha value is -3.06. The summed E-state index contributed by atoms with van der Waals surface area (Å²) in [6.07, 6.45) is -4.62. The van der Waals surface area contributed by atoms with Gasteiger partial charge in [-0.3, -0.25) is 0 Å². The van der Waals surface area contributed by atoms with Crippen molar-refractivity contribution in [2.75, 3.05) is 19.6 Å². The summed E-state index contributed by atoms with van der Waals surface area (Å²) in [5.74, 6) is -0.869. The fraction of sp³-hybridized carbons (Fsp3) is 0.355. The molecule has 5 rings (SSSR count). The average Bonchev–Trinajstić information content (AvgIpc) is 3.04. The highest BCUT2D eigenvalue weighted by atomic mass is 19.4. The molecule has 1 nitrogen and oxygen atoms in total. The Labute approximate surface area is 218 Å². The van der Waals surface area contributed by atoms with Crippen molar-refractivity contribution in [1.82, 2.24) is 4.90 Å². The highest BCUT2D eigenvalue weighted by molar-refractivity contribution is 6.00. The molecule has 0 atom stereocenters. The minimum atomic E-state index is -4.82. The lowest BCUT2D eigenvalue weighted by Crippen LogP contribution is -2.48. The maximum Gasteiger partial charge on any atom is 0.419 e. The van der Waals surface area contributed by atoms with Crippen LogP contribution in [0.1, 0.15) is 52.6 Å². The van der Waals surface area contributed by atoms with Crippen molar-refractivity contribution in [3.63, 3.8) is 0 Å². The fourth-order valence-electron chi connectivity index (χ4n) is 5.80. The molecule has 0 aromatic heterocycles.